The number of hydrogen-bond donors (Lipinski definition) is 0. The first-order chi connectivity index (χ1) is 12.7. The first-order valence-corrected chi connectivity index (χ1v) is 10.5. The molecule has 0 aliphatic carbocycles. The summed E-state index contributed by atoms with van der Waals surface area (Å²) in [5.74, 6) is 0.0640. The molecule has 1 aromatic heterocycles. The number of aryl methyl sites for hydroxylation is 2. The molecule has 3 rings (SSSR count). The number of carbonyl (C=O) groups excluding carboxylic acids is 1. The van der Waals surface area contributed by atoms with Gasteiger partial charge in [0, 0.05) is 33.6 Å². The zero-order valence-electron chi connectivity index (χ0n) is 16.3. The number of nitrogens with zero attached hydrogens (tertiary/aromatic N) is 4. The van der Waals surface area contributed by atoms with Gasteiger partial charge < -0.3 is 4.90 Å². The molecule has 0 atom stereocenters. The van der Waals surface area contributed by atoms with Crippen molar-refractivity contribution < 1.29 is 13.2 Å². The van der Waals surface area contributed by atoms with Crippen LogP contribution in [0.15, 0.2) is 29.2 Å². The third-order valence-corrected chi connectivity index (χ3v) is 7.14. The Bertz CT molecular complexity index is 963. The van der Waals surface area contributed by atoms with Gasteiger partial charge >= 0.3 is 0 Å². The number of rotatable bonds is 5. The number of carbonyl (C=O) groups is 1. The molecular weight excluding hydrogens is 364 g/mol. The van der Waals surface area contributed by atoms with Gasteiger partial charge in [0.1, 0.15) is 4.90 Å². The summed E-state index contributed by atoms with van der Waals surface area (Å²) in [7, 11) is -0.549. The lowest BCUT2D eigenvalue weighted by Crippen LogP contribution is -2.36. The Morgan fingerprint density at radius 1 is 1.19 bits per heavy atom. The Hall–Kier alpha value is -2.19. The minimum Gasteiger partial charge on any atom is -0.338 e. The Labute approximate surface area is 160 Å². The van der Waals surface area contributed by atoms with Gasteiger partial charge in [-0.15, -0.1) is 0 Å². The second-order valence-corrected chi connectivity index (χ2v) is 9.18. The van der Waals surface area contributed by atoms with Crippen molar-refractivity contribution in [1.82, 2.24) is 19.0 Å². The highest BCUT2D eigenvalue weighted by Gasteiger charge is 2.27. The molecule has 0 radical (unpaired) electrons. The molecule has 146 valence electrons. The normalized spacial score (nSPS) is 14.5. The molecule has 2 heterocycles. The molecule has 0 spiro atoms. The maximum atomic E-state index is 12.6. The van der Waals surface area contributed by atoms with E-state index in [1.54, 1.807) is 18.5 Å². The second kappa shape index (κ2) is 7.44. The highest BCUT2D eigenvalue weighted by molar-refractivity contribution is 7.89. The fraction of sp³-hybridized carbons (Fsp3) is 0.474. The second-order valence-electron chi connectivity index (χ2n) is 7.09. The molecule has 1 amide bonds. The van der Waals surface area contributed by atoms with Crippen LogP contribution < -0.4 is 0 Å². The van der Waals surface area contributed by atoms with E-state index >= 15 is 0 Å². The molecule has 1 aliphatic rings. The molecule has 1 aromatic carbocycles. The summed E-state index contributed by atoms with van der Waals surface area (Å²) >= 11 is 0. The SMILES string of the molecule is Cc1nn(CCC(=O)N2CCc3ccccc3C2)c(C)c1S(=O)(=O)N(C)C. The van der Waals surface area contributed by atoms with E-state index < -0.39 is 10.0 Å². The van der Waals surface area contributed by atoms with Gasteiger partial charge in [0.25, 0.3) is 0 Å². The van der Waals surface area contributed by atoms with Gasteiger partial charge in [-0.3, -0.25) is 9.48 Å². The van der Waals surface area contributed by atoms with Crippen LogP contribution in [0.5, 0.6) is 0 Å². The van der Waals surface area contributed by atoms with Crippen molar-refractivity contribution in [3.05, 3.63) is 46.8 Å². The molecule has 0 saturated carbocycles. The van der Waals surface area contributed by atoms with Gasteiger partial charge in [-0.25, -0.2) is 12.7 Å². The van der Waals surface area contributed by atoms with Crippen molar-refractivity contribution in [3.8, 4) is 0 Å². The third kappa shape index (κ3) is 3.77. The van der Waals surface area contributed by atoms with E-state index in [0.717, 1.165) is 6.42 Å². The van der Waals surface area contributed by atoms with Gasteiger partial charge in [0.15, 0.2) is 0 Å². The lowest BCUT2D eigenvalue weighted by atomic mass is 10.00. The van der Waals surface area contributed by atoms with E-state index in [1.165, 1.54) is 29.5 Å². The van der Waals surface area contributed by atoms with Crippen molar-refractivity contribution in [2.24, 2.45) is 0 Å². The standard InChI is InChI=1S/C19H26N4O3S/c1-14-19(27(25,26)21(3)4)15(2)23(20-14)12-10-18(24)22-11-9-16-7-5-6-8-17(16)13-22/h5-8H,9-13H2,1-4H3. The maximum absolute atomic E-state index is 12.6. The van der Waals surface area contributed by atoms with Crippen molar-refractivity contribution in [2.75, 3.05) is 20.6 Å². The summed E-state index contributed by atoms with van der Waals surface area (Å²) in [6.07, 6.45) is 1.17. The number of amides is 1. The number of aromatic nitrogens is 2. The topological polar surface area (TPSA) is 75.5 Å². The van der Waals surface area contributed by atoms with Gasteiger partial charge in [-0.05, 0) is 31.4 Å². The number of sulfonamides is 1. The fourth-order valence-electron chi connectivity index (χ4n) is 3.52. The summed E-state index contributed by atoms with van der Waals surface area (Å²) in [6.45, 7) is 5.13. The van der Waals surface area contributed by atoms with Crippen molar-refractivity contribution in [1.29, 1.82) is 0 Å². The first-order valence-electron chi connectivity index (χ1n) is 9.03. The van der Waals surface area contributed by atoms with Crippen LogP contribution in [0.25, 0.3) is 0 Å². The van der Waals surface area contributed by atoms with Crippen molar-refractivity contribution >= 4 is 15.9 Å². The predicted molar refractivity (Wildman–Crippen MR) is 103 cm³/mol. The molecule has 0 unspecified atom stereocenters. The van der Waals surface area contributed by atoms with E-state index in [-0.39, 0.29) is 10.8 Å². The van der Waals surface area contributed by atoms with Crippen LogP contribution in [0.1, 0.15) is 28.9 Å². The molecule has 0 fully saturated rings. The van der Waals surface area contributed by atoms with Gasteiger partial charge in [-0.2, -0.15) is 5.10 Å². The summed E-state index contributed by atoms with van der Waals surface area (Å²) in [5, 5.41) is 4.35. The van der Waals surface area contributed by atoms with Crippen LogP contribution in [0.3, 0.4) is 0 Å². The van der Waals surface area contributed by atoms with Crippen molar-refractivity contribution in [3.63, 3.8) is 0 Å². The van der Waals surface area contributed by atoms with E-state index in [0.29, 0.717) is 37.4 Å². The Morgan fingerprint density at radius 2 is 1.85 bits per heavy atom. The summed E-state index contributed by atoms with van der Waals surface area (Å²) in [5.41, 5.74) is 3.53. The Kier molecular flexibility index (Phi) is 5.39. The molecule has 1 aliphatic heterocycles. The van der Waals surface area contributed by atoms with Gasteiger partial charge in [0.2, 0.25) is 15.9 Å². The molecule has 8 heteroatoms. The van der Waals surface area contributed by atoms with Crippen LogP contribution in [-0.4, -0.2) is 54.0 Å². The van der Waals surface area contributed by atoms with Crippen LogP contribution in [0, 0.1) is 13.8 Å². The summed E-state index contributed by atoms with van der Waals surface area (Å²) in [6, 6.07) is 8.20. The fourth-order valence-corrected chi connectivity index (χ4v) is 4.78. The molecule has 2 aromatic rings. The molecule has 0 bridgehead atoms. The van der Waals surface area contributed by atoms with Crippen LogP contribution in [0.2, 0.25) is 0 Å². The van der Waals surface area contributed by atoms with E-state index in [1.807, 2.05) is 17.0 Å². The van der Waals surface area contributed by atoms with Crippen LogP contribution in [-0.2, 0) is 34.3 Å². The predicted octanol–water partition coefficient (Wildman–Crippen LogP) is 1.73. The van der Waals surface area contributed by atoms with E-state index in [4.69, 9.17) is 0 Å². The largest absolute Gasteiger partial charge is 0.338 e. The minimum absolute atomic E-state index is 0.0640. The minimum atomic E-state index is -3.56. The van der Waals surface area contributed by atoms with E-state index in [9.17, 15) is 13.2 Å². The molecular formula is C19H26N4O3S. The van der Waals surface area contributed by atoms with Crippen molar-refractivity contribution in [2.45, 2.75) is 44.7 Å². The molecule has 0 saturated heterocycles. The Morgan fingerprint density at radius 3 is 2.52 bits per heavy atom. The van der Waals surface area contributed by atoms with E-state index in [2.05, 4.69) is 17.2 Å². The average molecular weight is 391 g/mol. The lowest BCUT2D eigenvalue weighted by molar-refractivity contribution is -0.132. The number of fused-ring (bicyclic) bond motifs is 1. The number of hydrogen-bond acceptors (Lipinski definition) is 4. The highest BCUT2D eigenvalue weighted by Crippen LogP contribution is 2.23. The smallest absolute Gasteiger partial charge is 0.246 e. The average Bonchev–Trinajstić information content (AvgIpc) is 2.93. The molecule has 7 nitrogen and oxygen atoms in total. The van der Waals surface area contributed by atoms with Gasteiger partial charge in [-0.1, -0.05) is 24.3 Å². The molecule has 27 heavy (non-hydrogen) atoms. The molecule has 0 N–H and O–H groups in total. The monoisotopic (exact) mass is 390 g/mol. The quantitative estimate of drug-likeness (QED) is 0.779. The van der Waals surface area contributed by atoms with Gasteiger partial charge in [0.05, 0.1) is 17.9 Å². The zero-order chi connectivity index (χ0) is 19.8. The summed E-state index contributed by atoms with van der Waals surface area (Å²) < 4.78 is 27.8. The first kappa shape index (κ1) is 19.6. The lowest BCUT2D eigenvalue weighted by Gasteiger charge is -2.29. The summed E-state index contributed by atoms with van der Waals surface area (Å²) in [4.78, 5) is 14.7. The zero-order valence-corrected chi connectivity index (χ0v) is 17.1. The maximum Gasteiger partial charge on any atom is 0.246 e. The highest BCUT2D eigenvalue weighted by atomic mass is 32.2. The third-order valence-electron chi connectivity index (χ3n) is 5.07. The van der Waals surface area contributed by atoms with Crippen LogP contribution in [0.4, 0.5) is 0 Å². The van der Waals surface area contributed by atoms with Crippen LogP contribution >= 0.6 is 0 Å². The number of benzene rings is 1. The Balaban J connectivity index is 1.70.